The Balaban J connectivity index is 2.55. The van der Waals surface area contributed by atoms with Crippen LogP contribution in [0.5, 0.6) is 0 Å². The fourth-order valence-corrected chi connectivity index (χ4v) is 1.34. The zero-order chi connectivity index (χ0) is 12.8. The van der Waals surface area contributed by atoms with Gasteiger partial charge < -0.3 is 15.2 Å². The second kappa shape index (κ2) is 5.89. The van der Waals surface area contributed by atoms with Crippen LogP contribution in [-0.4, -0.2) is 25.7 Å². The summed E-state index contributed by atoms with van der Waals surface area (Å²) >= 11 is 0. The number of aryl methyl sites for hydroxylation is 1. The Morgan fingerprint density at radius 2 is 2.00 bits per heavy atom. The van der Waals surface area contributed by atoms with Gasteiger partial charge in [-0.25, -0.2) is 4.79 Å². The molecule has 0 aliphatic carbocycles. The molecule has 0 spiro atoms. The summed E-state index contributed by atoms with van der Waals surface area (Å²) in [4.78, 5) is 22.4. The van der Waals surface area contributed by atoms with E-state index in [1.807, 2.05) is 6.92 Å². The van der Waals surface area contributed by atoms with E-state index < -0.39 is 11.9 Å². The van der Waals surface area contributed by atoms with Crippen molar-refractivity contribution < 1.29 is 19.1 Å². The second-order valence-electron chi connectivity index (χ2n) is 3.59. The van der Waals surface area contributed by atoms with Gasteiger partial charge in [0.15, 0.2) is 0 Å². The van der Waals surface area contributed by atoms with E-state index in [9.17, 15) is 9.59 Å². The summed E-state index contributed by atoms with van der Waals surface area (Å²) in [5, 5.41) is 0. The molecule has 92 valence electrons. The quantitative estimate of drug-likeness (QED) is 0.630. The molecule has 0 bridgehead atoms. The second-order valence-corrected chi connectivity index (χ2v) is 3.59. The molecule has 0 fully saturated rings. The first kappa shape index (κ1) is 13.0. The van der Waals surface area contributed by atoms with Gasteiger partial charge in [0.25, 0.3) is 0 Å². The number of rotatable bonds is 4. The van der Waals surface area contributed by atoms with E-state index >= 15 is 0 Å². The molecule has 0 radical (unpaired) electrons. The number of hydrogen-bond acceptors (Lipinski definition) is 5. The Bertz CT molecular complexity index is 408. The summed E-state index contributed by atoms with van der Waals surface area (Å²) in [6.07, 6.45) is 0.0452. The lowest BCUT2D eigenvalue weighted by molar-refractivity contribution is -0.141. The average Bonchev–Trinajstić information content (AvgIpc) is 2.27. The summed E-state index contributed by atoms with van der Waals surface area (Å²) < 4.78 is 9.34. The molecular formula is C12H15NO4. The zero-order valence-corrected chi connectivity index (χ0v) is 9.86. The summed E-state index contributed by atoms with van der Waals surface area (Å²) in [6, 6.07) is 4.97. The molecule has 0 aliphatic heterocycles. The lowest BCUT2D eigenvalue weighted by Crippen LogP contribution is -2.11. The highest BCUT2D eigenvalue weighted by atomic mass is 16.5. The number of carbonyl (C=O) groups is 2. The summed E-state index contributed by atoms with van der Waals surface area (Å²) in [5.74, 6) is -0.911. The first-order valence-electron chi connectivity index (χ1n) is 5.14. The van der Waals surface area contributed by atoms with Crippen LogP contribution in [-0.2, 0) is 14.3 Å². The topological polar surface area (TPSA) is 78.6 Å². The summed E-state index contributed by atoms with van der Waals surface area (Å²) in [5.41, 5.74) is 7.38. The molecule has 17 heavy (non-hydrogen) atoms. The molecule has 0 unspecified atom stereocenters. The first-order chi connectivity index (χ1) is 8.02. The molecule has 0 saturated carbocycles. The molecule has 0 saturated heterocycles. The van der Waals surface area contributed by atoms with E-state index in [1.54, 1.807) is 12.1 Å². The van der Waals surface area contributed by atoms with Crippen molar-refractivity contribution in [1.29, 1.82) is 0 Å². The van der Waals surface area contributed by atoms with Crippen LogP contribution in [0, 0.1) is 6.92 Å². The molecule has 0 atom stereocenters. The third-order valence-electron chi connectivity index (χ3n) is 2.10. The number of esters is 2. The van der Waals surface area contributed by atoms with E-state index in [2.05, 4.69) is 4.74 Å². The number of methoxy groups -OCH3 is 1. The van der Waals surface area contributed by atoms with Gasteiger partial charge in [-0.1, -0.05) is 0 Å². The lowest BCUT2D eigenvalue weighted by atomic mass is 10.1. The predicted molar refractivity (Wildman–Crippen MR) is 62.5 cm³/mol. The van der Waals surface area contributed by atoms with E-state index in [1.165, 1.54) is 13.2 Å². The number of hydrogen-bond donors (Lipinski definition) is 1. The van der Waals surface area contributed by atoms with Crippen LogP contribution in [0.15, 0.2) is 18.2 Å². The van der Waals surface area contributed by atoms with Gasteiger partial charge in [0.05, 0.1) is 19.1 Å². The van der Waals surface area contributed by atoms with Crippen molar-refractivity contribution in [1.82, 2.24) is 0 Å². The van der Waals surface area contributed by atoms with Crippen molar-refractivity contribution in [3.8, 4) is 0 Å². The first-order valence-corrected chi connectivity index (χ1v) is 5.14. The van der Waals surface area contributed by atoms with Gasteiger partial charge in [0.2, 0.25) is 0 Å². The third kappa shape index (κ3) is 4.14. The maximum Gasteiger partial charge on any atom is 0.338 e. The Labute approximate surface area is 99.5 Å². The molecule has 5 heteroatoms. The van der Waals surface area contributed by atoms with E-state index in [0.717, 1.165) is 5.56 Å². The van der Waals surface area contributed by atoms with Gasteiger partial charge in [0, 0.05) is 5.69 Å². The van der Waals surface area contributed by atoms with Crippen LogP contribution >= 0.6 is 0 Å². The van der Waals surface area contributed by atoms with Gasteiger partial charge in [-0.05, 0) is 30.7 Å². The highest BCUT2D eigenvalue weighted by molar-refractivity contribution is 5.90. The molecule has 5 nitrogen and oxygen atoms in total. The standard InChI is InChI=1S/C12H15NO4/c1-8-5-9(7-10(13)6-8)12(15)17-4-3-11(14)16-2/h5-7H,3-4,13H2,1-2H3. The lowest BCUT2D eigenvalue weighted by Gasteiger charge is -2.05. The van der Waals surface area contributed by atoms with Crippen LogP contribution in [0.25, 0.3) is 0 Å². The number of nitrogens with two attached hydrogens (primary N) is 1. The van der Waals surface area contributed by atoms with Crippen molar-refractivity contribution >= 4 is 17.6 Å². The number of carbonyl (C=O) groups excluding carboxylic acids is 2. The van der Waals surface area contributed by atoms with Crippen LogP contribution < -0.4 is 5.73 Å². The van der Waals surface area contributed by atoms with Crippen LogP contribution in [0.4, 0.5) is 5.69 Å². The van der Waals surface area contributed by atoms with Gasteiger partial charge in [-0.2, -0.15) is 0 Å². The minimum absolute atomic E-state index is 0.000642. The molecule has 1 rings (SSSR count). The van der Waals surface area contributed by atoms with Gasteiger partial charge in [0.1, 0.15) is 6.61 Å². The SMILES string of the molecule is COC(=O)CCOC(=O)c1cc(C)cc(N)c1. The normalized spacial score (nSPS) is 9.76. The van der Waals surface area contributed by atoms with Crippen molar-refractivity contribution in [3.05, 3.63) is 29.3 Å². The molecule has 1 aromatic carbocycles. The molecule has 1 aromatic rings. The molecular weight excluding hydrogens is 222 g/mol. The Morgan fingerprint density at radius 1 is 1.29 bits per heavy atom. The molecule has 0 aliphatic rings. The van der Waals surface area contributed by atoms with Gasteiger partial charge in [-0.15, -0.1) is 0 Å². The van der Waals surface area contributed by atoms with Gasteiger partial charge in [-0.3, -0.25) is 4.79 Å². The number of anilines is 1. The van der Waals surface area contributed by atoms with Crippen molar-refractivity contribution in [2.45, 2.75) is 13.3 Å². The fraction of sp³-hybridized carbons (Fsp3) is 0.333. The molecule has 0 heterocycles. The highest BCUT2D eigenvalue weighted by Gasteiger charge is 2.09. The minimum Gasteiger partial charge on any atom is -0.469 e. The Hall–Kier alpha value is -2.04. The summed E-state index contributed by atoms with van der Waals surface area (Å²) in [6.45, 7) is 1.83. The number of benzene rings is 1. The Morgan fingerprint density at radius 3 is 2.59 bits per heavy atom. The predicted octanol–water partition coefficient (Wildman–Crippen LogP) is 1.30. The van der Waals surface area contributed by atoms with Crippen molar-refractivity contribution in [2.75, 3.05) is 19.5 Å². The van der Waals surface area contributed by atoms with E-state index in [4.69, 9.17) is 10.5 Å². The largest absolute Gasteiger partial charge is 0.469 e. The van der Waals surface area contributed by atoms with Crippen LogP contribution in [0.3, 0.4) is 0 Å². The maximum atomic E-state index is 11.6. The molecule has 0 aromatic heterocycles. The van der Waals surface area contributed by atoms with Crippen LogP contribution in [0.1, 0.15) is 22.3 Å². The number of nitrogen functional groups attached to an aromatic ring is 1. The fourth-order valence-electron chi connectivity index (χ4n) is 1.34. The van der Waals surface area contributed by atoms with Crippen molar-refractivity contribution in [2.24, 2.45) is 0 Å². The Kier molecular flexibility index (Phi) is 4.51. The average molecular weight is 237 g/mol. The summed E-state index contributed by atoms with van der Waals surface area (Å²) in [7, 11) is 1.28. The molecule has 2 N–H and O–H groups in total. The van der Waals surface area contributed by atoms with E-state index in [0.29, 0.717) is 11.3 Å². The highest BCUT2D eigenvalue weighted by Crippen LogP contribution is 2.12. The third-order valence-corrected chi connectivity index (χ3v) is 2.10. The maximum absolute atomic E-state index is 11.6. The van der Waals surface area contributed by atoms with Crippen molar-refractivity contribution in [3.63, 3.8) is 0 Å². The molecule has 0 amide bonds. The van der Waals surface area contributed by atoms with E-state index in [-0.39, 0.29) is 13.0 Å². The van der Waals surface area contributed by atoms with Gasteiger partial charge >= 0.3 is 11.9 Å². The minimum atomic E-state index is -0.496. The zero-order valence-electron chi connectivity index (χ0n) is 9.86. The monoisotopic (exact) mass is 237 g/mol. The smallest absolute Gasteiger partial charge is 0.338 e. The number of ether oxygens (including phenoxy) is 2. The van der Waals surface area contributed by atoms with Crippen LogP contribution in [0.2, 0.25) is 0 Å².